The summed E-state index contributed by atoms with van der Waals surface area (Å²) >= 11 is 1.69. The number of anilines is 1. The lowest BCUT2D eigenvalue weighted by atomic mass is 9.49. The van der Waals surface area contributed by atoms with E-state index in [1.807, 2.05) is 18.7 Å². The number of fused-ring (bicyclic) bond motifs is 1. The van der Waals surface area contributed by atoms with Crippen molar-refractivity contribution in [1.29, 1.82) is 0 Å². The Morgan fingerprint density at radius 2 is 1.94 bits per heavy atom. The van der Waals surface area contributed by atoms with Gasteiger partial charge in [-0.1, -0.05) is 30.4 Å². The largest absolute Gasteiger partial charge is 0.337 e. The molecule has 4 saturated carbocycles. The molecule has 0 unspecified atom stereocenters. The highest BCUT2D eigenvalue weighted by molar-refractivity contribution is 7.22. The number of carbonyl (C=O) groups excluding carboxylic acids is 1. The van der Waals surface area contributed by atoms with Crippen LogP contribution in [-0.4, -0.2) is 27.0 Å². The van der Waals surface area contributed by atoms with E-state index >= 15 is 0 Å². The van der Waals surface area contributed by atoms with E-state index in [4.69, 9.17) is 4.98 Å². The fraction of sp³-hybridized carbons (Fsp3) is 0.577. The number of carbonyl (C=O) groups is 1. The Balaban J connectivity index is 1.33. The number of nitrogens with zero attached hydrogens (tertiary/aromatic N) is 4. The smallest absolute Gasteiger partial charge is 0.235 e. The van der Waals surface area contributed by atoms with Crippen molar-refractivity contribution in [3.63, 3.8) is 0 Å². The normalized spacial score (nSPS) is 28.5. The molecule has 32 heavy (non-hydrogen) atoms. The molecule has 3 aromatic rings. The minimum absolute atomic E-state index is 0.144. The summed E-state index contributed by atoms with van der Waals surface area (Å²) in [5.74, 6) is 2.65. The fourth-order valence-corrected chi connectivity index (χ4v) is 8.21. The molecule has 0 saturated heterocycles. The Labute approximate surface area is 193 Å². The maximum atomic E-state index is 14.3. The van der Waals surface area contributed by atoms with Gasteiger partial charge in [0.1, 0.15) is 0 Å². The predicted molar refractivity (Wildman–Crippen MR) is 129 cm³/mol. The summed E-state index contributed by atoms with van der Waals surface area (Å²) in [5.41, 5.74) is 2.20. The number of aromatic nitrogens is 3. The molecule has 4 bridgehead atoms. The van der Waals surface area contributed by atoms with E-state index in [0.717, 1.165) is 73.6 Å². The third-order valence-corrected chi connectivity index (χ3v) is 9.24. The van der Waals surface area contributed by atoms with Gasteiger partial charge in [0.2, 0.25) is 5.91 Å². The van der Waals surface area contributed by atoms with Crippen molar-refractivity contribution in [2.75, 3.05) is 11.4 Å². The molecule has 4 aliphatic carbocycles. The predicted octanol–water partition coefficient (Wildman–Crippen LogP) is 5.69. The highest BCUT2D eigenvalue weighted by atomic mass is 32.1. The molecular formula is C26H32N4OS. The number of thiazole rings is 1. The standard InChI is InChI=1S/C26H32N4OS/c1-2-21-5-3-6-22-23(21)28-25(32-22)30(9-4-8-29-10-7-27-17-29)24(31)26-14-18-11-19(15-26)13-20(12-18)16-26/h3,5-7,10,17-20H,2,4,8-9,11-16H2,1H3. The Bertz CT molecular complexity index is 1080. The van der Waals surface area contributed by atoms with E-state index in [9.17, 15) is 4.79 Å². The van der Waals surface area contributed by atoms with Crippen LogP contribution >= 0.6 is 11.3 Å². The van der Waals surface area contributed by atoms with Crippen LogP contribution in [0.5, 0.6) is 0 Å². The van der Waals surface area contributed by atoms with Gasteiger partial charge in [-0.15, -0.1) is 0 Å². The van der Waals surface area contributed by atoms with Crippen molar-refractivity contribution in [3.8, 4) is 0 Å². The summed E-state index contributed by atoms with van der Waals surface area (Å²) in [7, 11) is 0. The number of benzene rings is 1. The number of aryl methyl sites for hydroxylation is 2. The van der Waals surface area contributed by atoms with Crippen molar-refractivity contribution in [2.45, 2.75) is 64.8 Å². The summed E-state index contributed by atoms with van der Waals surface area (Å²) in [4.78, 5) is 25.6. The summed E-state index contributed by atoms with van der Waals surface area (Å²) in [6.45, 7) is 3.77. The number of hydrogen-bond acceptors (Lipinski definition) is 4. The Hall–Kier alpha value is -2.21. The molecule has 0 radical (unpaired) electrons. The zero-order chi connectivity index (χ0) is 21.7. The first-order valence-electron chi connectivity index (χ1n) is 12.3. The molecular weight excluding hydrogens is 416 g/mol. The monoisotopic (exact) mass is 448 g/mol. The molecule has 0 N–H and O–H groups in total. The molecule has 7 rings (SSSR count). The van der Waals surface area contributed by atoms with Crippen molar-refractivity contribution in [1.82, 2.24) is 14.5 Å². The second-order valence-corrected chi connectivity index (χ2v) is 11.4. The highest BCUT2D eigenvalue weighted by Gasteiger charge is 2.55. The zero-order valence-electron chi connectivity index (χ0n) is 18.9. The molecule has 1 aromatic carbocycles. The van der Waals surface area contributed by atoms with Crippen LogP contribution in [0.25, 0.3) is 10.2 Å². The summed E-state index contributed by atoms with van der Waals surface area (Å²) in [6, 6.07) is 6.43. The quantitative estimate of drug-likeness (QED) is 0.466. The molecule has 0 aliphatic heterocycles. The number of para-hydroxylation sites is 1. The number of hydrogen-bond donors (Lipinski definition) is 0. The molecule has 4 fully saturated rings. The van der Waals surface area contributed by atoms with Crippen LogP contribution in [0.2, 0.25) is 0 Å². The van der Waals surface area contributed by atoms with E-state index in [-0.39, 0.29) is 5.41 Å². The van der Waals surface area contributed by atoms with Crippen LogP contribution in [0, 0.1) is 23.2 Å². The average molecular weight is 449 g/mol. The first kappa shape index (κ1) is 20.4. The maximum Gasteiger partial charge on any atom is 0.235 e. The third kappa shape index (κ3) is 3.47. The molecule has 6 heteroatoms. The zero-order valence-corrected chi connectivity index (χ0v) is 19.7. The van der Waals surface area contributed by atoms with Crippen LogP contribution in [0.15, 0.2) is 36.9 Å². The molecule has 0 spiro atoms. The van der Waals surface area contributed by atoms with Gasteiger partial charge >= 0.3 is 0 Å². The minimum Gasteiger partial charge on any atom is -0.337 e. The molecule has 1 amide bonds. The van der Waals surface area contributed by atoms with Gasteiger partial charge in [0.05, 0.1) is 22.0 Å². The lowest BCUT2D eigenvalue weighted by Crippen LogP contribution is -2.55. The molecule has 2 heterocycles. The fourth-order valence-electron chi connectivity index (χ4n) is 7.17. The first-order chi connectivity index (χ1) is 15.6. The molecule has 4 aliphatic rings. The van der Waals surface area contributed by atoms with Gasteiger partial charge in [-0.05, 0) is 80.8 Å². The maximum absolute atomic E-state index is 14.3. The number of rotatable bonds is 7. The Kier molecular flexibility index (Phi) is 5.09. The van der Waals surface area contributed by atoms with Crippen LogP contribution < -0.4 is 4.90 Å². The topological polar surface area (TPSA) is 51.0 Å². The van der Waals surface area contributed by atoms with Crippen molar-refractivity contribution in [3.05, 3.63) is 42.5 Å². The van der Waals surface area contributed by atoms with Gasteiger partial charge in [0.25, 0.3) is 0 Å². The van der Waals surface area contributed by atoms with E-state index < -0.39 is 0 Å². The van der Waals surface area contributed by atoms with E-state index in [0.29, 0.717) is 5.91 Å². The van der Waals surface area contributed by atoms with Gasteiger partial charge in [-0.3, -0.25) is 9.69 Å². The van der Waals surface area contributed by atoms with Gasteiger partial charge in [0, 0.05) is 25.5 Å². The molecule has 2 aromatic heterocycles. The number of imidazole rings is 1. The van der Waals surface area contributed by atoms with E-state index in [1.165, 1.54) is 29.5 Å². The van der Waals surface area contributed by atoms with Crippen LogP contribution in [0.1, 0.15) is 57.4 Å². The minimum atomic E-state index is -0.144. The SMILES string of the molecule is CCc1cccc2sc(N(CCCn3ccnc3)C(=O)C34CC5CC(CC(C5)C3)C4)nc12. The highest BCUT2D eigenvalue weighted by Crippen LogP contribution is 2.60. The molecule has 0 atom stereocenters. The van der Waals surface area contributed by atoms with Crippen LogP contribution in [0.4, 0.5) is 5.13 Å². The number of amides is 1. The van der Waals surface area contributed by atoms with Crippen molar-refractivity contribution >= 4 is 32.6 Å². The van der Waals surface area contributed by atoms with Gasteiger partial charge in [-0.25, -0.2) is 9.97 Å². The van der Waals surface area contributed by atoms with Crippen LogP contribution in [0.3, 0.4) is 0 Å². The van der Waals surface area contributed by atoms with Crippen molar-refractivity contribution in [2.24, 2.45) is 23.2 Å². The van der Waals surface area contributed by atoms with Gasteiger partial charge in [0.15, 0.2) is 5.13 Å². The van der Waals surface area contributed by atoms with Gasteiger partial charge in [-0.2, -0.15) is 0 Å². The second kappa shape index (κ2) is 7.98. The average Bonchev–Trinajstić information content (AvgIpc) is 3.45. The second-order valence-electron chi connectivity index (χ2n) is 10.4. The van der Waals surface area contributed by atoms with Crippen molar-refractivity contribution < 1.29 is 4.79 Å². The van der Waals surface area contributed by atoms with E-state index in [1.54, 1.807) is 11.3 Å². The summed E-state index contributed by atoms with van der Waals surface area (Å²) in [6.07, 6.45) is 14.9. The summed E-state index contributed by atoms with van der Waals surface area (Å²) < 4.78 is 3.29. The summed E-state index contributed by atoms with van der Waals surface area (Å²) in [5, 5.41) is 0.896. The lowest BCUT2D eigenvalue weighted by molar-refractivity contribution is -0.143. The van der Waals surface area contributed by atoms with Gasteiger partial charge < -0.3 is 4.57 Å². The lowest BCUT2D eigenvalue weighted by Gasteiger charge is -2.56. The molecule has 168 valence electrons. The van der Waals surface area contributed by atoms with Crippen LogP contribution in [-0.2, 0) is 17.8 Å². The Morgan fingerprint density at radius 3 is 2.59 bits per heavy atom. The molecule has 5 nitrogen and oxygen atoms in total. The Morgan fingerprint density at radius 1 is 1.19 bits per heavy atom. The van der Waals surface area contributed by atoms with E-state index in [2.05, 4.69) is 39.6 Å². The first-order valence-corrected chi connectivity index (χ1v) is 13.1. The third-order valence-electron chi connectivity index (χ3n) is 8.20.